The molecule has 9 heteroatoms. The molecule has 0 N–H and O–H groups in total. The first-order chi connectivity index (χ1) is 13.1. The van der Waals surface area contributed by atoms with E-state index < -0.39 is 18.1 Å². The van der Waals surface area contributed by atoms with Crippen molar-refractivity contribution in [1.82, 2.24) is 9.55 Å². The van der Waals surface area contributed by atoms with E-state index in [1.54, 1.807) is 13.8 Å². The van der Waals surface area contributed by atoms with Crippen molar-refractivity contribution >= 4 is 11.8 Å². The molecule has 0 aromatic carbocycles. The molecule has 1 fully saturated rings. The van der Waals surface area contributed by atoms with Crippen molar-refractivity contribution in [2.24, 2.45) is 5.92 Å². The molecule has 1 aromatic rings. The van der Waals surface area contributed by atoms with Gasteiger partial charge in [0, 0.05) is 26.1 Å². The lowest BCUT2D eigenvalue weighted by atomic mass is 10.0. The van der Waals surface area contributed by atoms with Crippen molar-refractivity contribution in [3.63, 3.8) is 0 Å². The fourth-order valence-corrected chi connectivity index (χ4v) is 3.81. The summed E-state index contributed by atoms with van der Waals surface area (Å²) in [4.78, 5) is 20.5. The Morgan fingerprint density at radius 1 is 1.36 bits per heavy atom. The van der Waals surface area contributed by atoms with Crippen LogP contribution in [0.25, 0.3) is 0 Å². The van der Waals surface area contributed by atoms with Crippen LogP contribution in [-0.2, 0) is 11.3 Å². The fraction of sp³-hybridized carbons (Fsp3) is 0.789. The summed E-state index contributed by atoms with van der Waals surface area (Å²) >= 11 is 0. The summed E-state index contributed by atoms with van der Waals surface area (Å²) < 4.78 is 50.0. The number of ether oxygens (including phenoxy) is 1. The highest BCUT2D eigenvalue weighted by Crippen LogP contribution is 2.34. The zero-order chi connectivity index (χ0) is 20.6. The summed E-state index contributed by atoms with van der Waals surface area (Å²) in [5.74, 6) is -2.81. The van der Waals surface area contributed by atoms with Crippen LogP contribution < -0.4 is 15.4 Å². The number of anilines is 2. The monoisotopic (exact) mass is 402 g/mol. The van der Waals surface area contributed by atoms with E-state index in [-0.39, 0.29) is 43.0 Å². The highest BCUT2D eigenvalue weighted by atomic mass is 19.3. The van der Waals surface area contributed by atoms with Crippen LogP contribution in [0.15, 0.2) is 10.9 Å². The van der Waals surface area contributed by atoms with Gasteiger partial charge in [0.25, 0.3) is 11.5 Å². The molecule has 0 bridgehead atoms. The average molecular weight is 402 g/mol. The van der Waals surface area contributed by atoms with Crippen LogP contribution in [0.5, 0.6) is 0 Å². The summed E-state index contributed by atoms with van der Waals surface area (Å²) in [6, 6.07) is 0.242. The second-order valence-electron chi connectivity index (χ2n) is 8.19. The molecule has 1 saturated heterocycles. The number of nitrogens with zero attached hydrogens (tertiary/aromatic N) is 4. The van der Waals surface area contributed by atoms with Gasteiger partial charge in [-0.05, 0) is 19.3 Å². The molecule has 0 spiro atoms. The van der Waals surface area contributed by atoms with Gasteiger partial charge < -0.3 is 14.5 Å². The topological polar surface area (TPSA) is 50.6 Å². The fourth-order valence-electron chi connectivity index (χ4n) is 3.81. The Morgan fingerprint density at radius 2 is 2.07 bits per heavy atom. The number of morpholine rings is 1. The molecule has 0 radical (unpaired) electrons. The number of halogens is 3. The van der Waals surface area contributed by atoms with E-state index in [9.17, 15) is 18.0 Å². The molecule has 2 unspecified atom stereocenters. The summed E-state index contributed by atoms with van der Waals surface area (Å²) in [6.07, 6.45) is -1.24. The third-order valence-electron chi connectivity index (χ3n) is 5.58. The Hall–Kier alpha value is -1.77. The van der Waals surface area contributed by atoms with Gasteiger partial charge >= 0.3 is 0 Å². The van der Waals surface area contributed by atoms with Gasteiger partial charge in [-0.15, -0.1) is 0 Å². The van der Waals surface area contributed by atoms with Gasteiger partial charge in [0.1, 0.15) is 12.0 Å². The van der Waals surface area contributed by atoms with Crippen molar-refractivity contribution in [3.8, 4) is 0 Å². The molecule has 2 aliphatic heterocycles. The molecule has 158 valence electrons. The zero-order valence-electron chi connectivity index (χ0n) is 16.9. The summed E-state index contributed by atoms with van der Waals surface area (Å²) in [5, 5.41) is 0. The normalized spacial score (nSPS) is 24.4. The van der Waals surface area contributed by atoms with Gasteiger partial charge in [-0.3, -0.25) is 9.36 Å². The number of hydrogen-bond acceptors (Lipinski definition) is 5. The Morgan fingerprint density at radius 3 is 2.68 bits per heavy atom. The smallest absolute Gasteiger partial charge is 0.265 e. The predicted molar refractivity (Wildman–Crippen MR) is 102 cm³/mol. The number of rotatable bonds is 5. The van der Waals surface area contributed by atoms with Crippen LogP contribution >= 0.6 is 0 Å². The van der Waals surface area contributed by atoms with Gasteiger partial charge in [-0.2, -0.15) is 4.98 Å². The maximum absolute atomic E-state index is 14.6. The second kappa shape index (κ2) is 7.93. The number of alkyl halides is 3. The highest BCUT2D eigenvalue weighted by molar-refractivity contribution is 5.47. The molecule has 2 aliphatic rings. The third-order valence-corrected chi connectivity index (χ3v) is 5.58. The van der Waals surface area contributed by atoms with Crippen LogP contribution in [0, 0.1) is 5.92 Å². The van der Waals surface area contributed by atoms with E-state index in [1.165, 1.54) is 15.5 Å². The SMILES string of the molecule is CC(C)C(F)CN1c2nc(N3CCOC[C@H]3C)cc(=O)n2CCC1C(C)(F)F. The van der Waals surface area contributed by atoms with E-state index in [0.29, 0.717) is 25.6 Å². The number of fused-ring (bicyclic) bond motifs is 1. The Balaban J connectivity index is 2.05. The first kappa shape index (κ1) is 21.0. The molecule has 0 saturated carbocycles. The molecule has 3 atom stereocenters. The van der Waals surface area contributed by atoms with Gasteiger partial charge in [0.05, 0.1) is 31.8 Å². The quantitative estimate of drug-likeness (QED) is 0.758. The average Bonchev–Trinajstić information content (AvgIpc) is 2.61. The second-order valence-corrected chi connectivity index (χ2v) is 8.19. The maximum atomic E-state index is 14.6. The third kappa shape index (κ3) is 4.14. The van der Waals surface area contributed by atoms with Crippen LogP contribution in [0.4, 0.5) is 24.9 Å². The van der Waals surface area contributed by atoms with Crippen LogP contribution in [0.1, 0.15) is 34.1 Å². The van der Waals surface area contributed by atoms with Crippen molar-refractivity contribution < 1.29 is 17.9 Å². The number of hydrogen-bond donors (Lipinski definition) is 0. The van der Waals surface area contributed by atoms with E-state index in [1.807, 2.05) is 11.8 Å². The van der Waals surface area contributed by atoms with Gasteiger partial charge in [0.2, 0.25) is 5.95 Å². The minimum absolute atomic E-state index is 0.00809. The van der Waals surface area contributed by atoms with E-state index >= 15 is 0 Å². The standard InChI is InChI=1S/C19H29F3N4O2/c1-12(2)14(20)10-26-15(19(4,21)22)5-6-25-17(27)9-16(23-18(25)26)24-7-8-28-11-13(24)3/h9,12-15H,5-8,10-11H2,1-4H3/t13-,14?,15?/m1/s1. The van der Waals surface area contributed by atoms with Crippen molar-refractivity contribution in [3.05, 3.63) is 16.4 Å². The maximum Gasteiger partial charge on any atom is 0.265 e. The van der Waals surface area contributed by atoms with Gasteiger partial charge in [-0.1, -0.05) is 13.8 Å². The molecule has 28 heavy (non-hydrogen) atoms. The Labute approximate surface area is 163 Å². The predicted octanol–water partition coefficient (Wildman–Crippen LogP) is 2.70. The first-order valence-corrected chi connectivity index (χ1v) is 9.84. The molecule has 0 amide bonds. The van der Waals surface area contributed by atoms with Gasteiger partial charge in [0.15, 0.2) is 0 Å². The highest BCUT2D eigenvalue weighted by Gasteiger charge is 2.43. The lowest BCUT2D eigenvalue weighted by Crippen LogP contribution is -2.55. The first-order valence-electron chi connectivity index (χ1n) is 9.84. The van der Waals surface area contributed by atoms with Crippen molar-refractivity contribution in [1.29, 1.82) is 0 Å². The van der Waals surface area contributed by atoms with Crippen molar-refractivity contribution in [2.45, 2.75) is 64.8 Å². The molecule has 6 nitrogen and oxygen atoms in total. The lowest BCUT2D eigenvalue weighted by Gasteiger charge is -2.42. The largest absolute Gasteiger partial charge is 0.377 e. The summed E-state index contributed by atoms with van der Waals surface area (Å²) in [5.41, 5.74) is -0.304. The molecular formula is C19H29F3N4O2. The Kier molecular flexibility index (Phi) is 5.93. The molecule has 1 aromatic heterocycles. The minimum Gasteiger partial charge on any atom is -0.377 e. The zero-order valence-corrected chi connectivity index (χ0v) is 16.9. The van der Waals surface area contributed by atoms with E-state index in [2.05, 4.69) is 4.98 Å². The van der Waals surface area contributed by atoms with Crippen molar-refractivity contribution in [2.75, 3.05) is 36.1 Å². The minimum atomic E-state index is -3.04. The Bertz CT molecular complexity index is 750. The molecule has 0 aliphatic carbocycles. The van der Waals surface area contributed by atoms with E-state index in [4.69, 9.17) is 4.74 Å². The molecule has 3 rings (SSSR count). The molecular weight excluding hydrogens is 373 g/mol. The summed E-state index contributed by atoms with van der Waals surface area (Å²) in [6.45, 7) is 7.69. The lowest BCUT2D eigenvalue weighted by molar-refractivity contribution is -0.0173. The van der Waals surface area contributed by atoms with Gasteiger partial charge in [-0.25, -0.2) is 13.2 Å². The van der Waals surface area contributed by atoms with Crippen LogP contribution in [0.2, 0.25) is 0 Å². The van der Waals surface area contributed by atoms with Crippen LogP contribution in [-0.4, -0.2) is 60.0 Å². The van der Waals surface area contributed by atoms with E-state index in [0.717, 1.165) is 6.92 Å². The number of aromatic nitrogens is 2. The molecule has 3 heterocycles. The van der Waals surface area contributed by atoms with Crippen LogP contribution in [0.3, 0.4) is 0 Å². The summed E-state index contributed by atoms with van der Waals surface area (Å²) in [7, 11) is 0.